The fourth-order valence-electron chi connectivity index (χ4n) is 2.63. The number of carbonyl (C=O) groups excluding carboxylic acids is 1. The number of pyridine rings is 1. The molecule has 2 heterocycles. The zero-order valence-corrected chi connectivity index (χ0v) is 13.3. The lowest BCUT2D eigenvalue weighted by Crippen LogP contribution is -2.45. The van der Waals surface area contributed by atoms with Crippen molar-refractivity contribution in [2.75, 3.05) is 16.5 Å². The van der Waals surface area contributed by atoms with Gasteiger partial charge in [0.15, 0.2) is 0 Å². The molecule has 1 aliphatic rings. The number of fused-ring (bicyclic) bond motifs is 1. The van der Waals surface area contributed by atoms with E-state index in [1.54, 1.807) is 24.4 Å². The van der Waals surface area contributed by atoms with Crippen LogP contribution >= 0.6 is 0 Å². The second-order valence-electron chi connectivity index (χ2n) is 6.10. The summed E-state index contributed by atoms with van der Waals surface area (Å²) in [5.74, 6) is 0.802. The molecule has 0 spiro atoms. The Morgan fingerprint density at radius 2 is 2.13 bits per heavy atom. The van der Waals surface area contributed by atoms with Crippen LogP contribution in [0.2, 0.25) is 0 Å². The molecule has 0 atom stereocenters. The Balaban J connectivity index is 2.06. The molecular formula is C17H18N3O3-. The summed E-state index contributed by atoms with van der Waals surface area (Å²) in [4.78, 5) is 17.7. The highest BCUT2D eigenvalue weighted by molar-refractivity contribution is 5.93. The minimum absolute atomic E-state index is 0.259. The van der Waals surface area contributed by atoms with E-state index in [1.165, 1.54) is 6.92 Å². The second-order valence-corrected chi connectivity index (χ2v) is 6.10. The van der Waals surface area contributed by atoms with Crippen molar-refractivity contribution in [2.45, 2.75) is 26.4 Å². The highest BCUT2D eigenvalue weighted by Crippen LogP contribution is 2.42. The molecule has 0 bridgehead atoms. The molecule has 23 heavy (non-hydrogen) atoms. The average molecular weight is 312 g/mol. The number of aromatic nitrogens is 1. The molecule has 120 valence electrons. The smallest absolute Gasteiger partial charge is 0.213 e. The SMILES string of the molecule is CC(=O)N([O-])c1ccc2c(c1)OC(C)(C)CN2c1ccccn1. The largest absolute Gasteiger partial charge is 0.752 e. The first-order valence-corrected chi connectivity index (χ1v) is 7.37. The fourth-order valence-corrected chi connectivity index (χ4v) is 2.63. The van der Waals surface area contributed by atoms with Crippen LogP contribution in [-0.2, 0) is 4.79 Å². The molecule has 1 aliphatic heterocycles. The van der Waals surface area contributed by atoms with E-state index in [-0.39, 0.29) is 5.69 Å². The van der Waals surface area contributed by atoms with Crippen LogP contribution in [0.15, 0.2) is 42.6 Å². The van der Waals surface area contributed by atoms with Gasteiger partial charge in [0.2, 0.25) is 5.91 Å². The Hall–Kier alpha value is -2.60. The van der Waals surface area contributed by atoms with Crippen LogP contribution in [0.3, 0.4) is 0 Å². The van der Waals surface area contributed by atoms with Gasteiger partial charge >= 0.3 is 0 Å². The Morgan fingerprint density at radius 1 is 1.35 bits per heavy atom. The third-order valence-corrected chi connectivity index (χ3v) is 3.61. The summed E-state index contributed by atoms with van der Waals surface area (Å²) in [5.41, 5.74) is 0.631. The Labute approximate surface area is 134 Å². The summed E-state index contributed by atoms with van der Waals surface area (Å²) in [6, 6.07) is 10.7. The average Bonchev–Trinajstić information content (AvgIpc) is 2.52. The maximum absolute atomic E-state index is 11.8. The molecule has 1 aromatic heterocycles. The summed E-state index contributed by atoms with van der Waals surface area (Å²) in [7, 11) is 0. The van der Waals surface area contributed by atoms with Gasteiger partial charge < -0.3 is 19.9 Å². The summed E-state index contributed by atoms with van der Waals surface area (Å²) >= 11 is 0. The van der Waals surface area contributed by atoms with Crippen LogP contribution in [0.5, 0.6) is 5.75 Å². The standard InChI is InChI=1S/C17H18N3O3/c1-12(21)20(22)13-7-8-14-15(10-13)23-17(2,3)11-19(14)16-6-4-5-9-18-16/h4-10H,11H2,1-3H3/q-1. The molecule has 0 aliphatic carbocycles. The van der Waals surface area contributed by atoms with E-state index < -0.39 is 11.5 Å². The normalized spacial score (nSPS) is 15.6. The molecule has 0 saturated heterocycles. The summed E-state index contributed by atoms with van der Waals surface area (Å²) < 4.78 is 6.00. The van der Waals surface area contributed by atoms with Gasteiger partial charge in [-0.05, 0) is 38.1 Å². The van der Waals surface area contributed by atoms with Crippen molar-refractivity contribution in [2.24, 2.45) is 0 Å². The molecule has 2 aromatic rings. The van der Waals surface area contributed by atoms with Crippen molar-refractivity contribution in [1.29, 1.82) is 0 Å². The predicted molar refractivity (Wildman–Crippen MR) is 88.9 cm³/mol. The first-order valence-electron chi connectivity index (χ1n) is 7.37. The topological polar surface area (TPSA) is 68.7 Å². The zero-order valence-electron chi connectivity index (χ0n) is 13.3. The second kappa shape index (κ2) is 5.55. The zero-order chi connectivity index (χ0) is 16.6. The Bertz CT molecular complexity index is 731. The quantitative estimate of drug-likeness (QED) is 0.796. The molecule has 1 aromatic carbocycles. The molecule has 0 fully saturated rings. The van der Waals surface area contributed by atoms with E-state index in [0.29, 0.717) is 17.4 Å². The molecule has 6 nitrogen and oxygen atoms in total. The lowest BCUT2D eigenvalue weighted by atomic mass is 10.0. The number of ether oxygens (including phenoxy) is 1. The van der Waals surface area contributed by atoms with Crippen molar-refractivity contribution in [3.63, 3.8) is 0 Å². The number of anilines is 3. The minimum atomic E-state index is -0.568. The Kier molecular flexibility index (Phi) is 3.69. The highest BCUT2D eigenvalue weighted by atomic mass is 16.5. The first kappa shape index (κ1) is 15.3. The summed E-state index contributed by atoms with van der Waals surface area (Å²) in [5, 5.41) is 12.2. The molecule has 3 rings (SSSR count). The van der Waals surface area contributed by atoms with Gasteiger partial charge in [0.25, 0.3) is 0 Å². The third kappa shape index (κ3) is 2.98. The number of benzene rings is 1. The number of carbonyl (C=O) groups is 1. The first-order chi connectivity index (χ1) is 10.9. The van der Waals surface area contributed by atoms with Gasteiger partial charge in [0, 0.05) is 24.9 Å². The van der Waals surface area contributed by atoms with Crippen molar-refractivity contribution >= 4 is 23.1 Å². The lowest BCUT2D eigenvalue weighted by molar-refractivity contribution is -0.116. The van der Waals surface area contributed by atoms with Crippen LogP contribution in [0.25, 0.3) is 0 Å². The van der Waals surface area contributed by atoms with Crippen LogP contribution in [0.4, 0.5) is 17.2 Å². The monoisotopic (exact) mass is 312 g/mol. The number of nitrogens with zero attached hydrogens (tertiary/aromatic N) is 3. The fraction of sp³-hybridized carbons (Fsp3) is 0.294. The molecule has 0 N–H and O–H groups in total. The van der Waals surface area contributed by atoms with E-state index in [2.05, 4.69) is 4.98 Å². The molecule has 1 amide bonds. The van der Waals surface area contributed by atoms with E-state index in [0.717, 1.165) is 11.5 Å². The van der Waals surface area contributed by atoms with Crippen molar-refractivity contribution in [1.82, 2.24) is 4.98 Å². The van der Waals surface area contributed by atoms with Crippen LogP contribution in [-0.4, -0.2) is 23.0 Å². The molecule has 0 radical (unpaired) electrons. The minimum Gasteiger partial charge on any atom is -0.752 e. The number of hydrogen-bond acceptors (Lipinski definition) is 5. The van der Waals surface area contributed by atoms with Crippen molar-refractivity contribution in [3.05, 3.63) is 47.8 Å². The van der Waals surface area contributed by atoms with Gasteiger partial charge in [-0.15, -0.1) is 0 Å². The molecule has 0 saturated carbocycles. The number of rotatable bonds is 2. The highest BCUT2D eigenvalue weighted by Gasteiger charge is 2.33. The van der Waals surface area contributed by atoms with E-state index in [4.69, 9.17) is 4.74 Å². The number of hydrogen-bond donors (Lipinski definition) is 0. The van der Waals surface area contributed by atoms with E-state index >= 15 is 0 Å². The molecule has 0 unspecified atom stereocenters. The van der Waals surface area contributed by atoms with Gasteiger partial charge in [0.1, 0.15) is 17.2 Å². The predicted octanol–water partition coefficient (Wildman–Crippen LogP) is 3.24. The van der Waals surface area contributed by atoms with Gasteiger partial charge in [-0.1, -0.05) is 6.07 Å². The Morgan fingerprint density at radius 3 is 2.78 bits per heavy atom. The maximum atomic E-state index is 11.8. The van der Waals surface area contributed by atoms with Gasteiger partial charge in [0.05, 0.1) is 12.2 Å². The van der Waals surface area contributed by atoms with E-state index in [1.807, 2.05) is 36.9 Å². The van der Waals surface area contributed by atoms with Crippen LogP contribution in [0.1, 0.15) is 20.8 Å². The van der Waals surface area contributed by atoms with Crippen molar-refractivity contribution < 1.29 is 9.53 Å². The van der Waals surface area contributed by atoms with Gasteiger partial charge in [-0.25, -0.2) is 4.98 Å². The molecule has 6 heteroatoms. The third-order valence-electron chi connectivity index (χ3n) is 3.61. The molecular weight excluding hydrogens is 294 g/mol. The van der Waals surface area contributed by atoms with E-state index in [9.17, 15) is 10.0 Å². The van der Waals surface area contributed by atoms with Crippen molar-refractivity contribution in [3.8, 4) is 5.75 Å². The van der Waals surface area contributed by atoms with Crippen LogP contribution < -0.4 is 14.7 Å². The lowest BCUT2D eigenvalue weighted by Gasteiger charge is -2.41. The summed E-state index contributed by atoms with van der Waals surface area (Å²) in [6.45, 7) is 5.80. The maximum Gasteiger partial charge on any atom is 0.213 e. The van der Waals surface area contributed by atoms with Gasteiger partial charge in [-0.3, -0.25) is 4.79 Å². The number of amides is 1. The number of hydroxylamine groups is 1. The van der Waals surface area contributed by atoms with Gasteiger partial charge in [-0.2, -0.15) is 0 Å². The summed E-state index contributed by atoms with van der Waals surface area (Å²) in [6.07, 6.45) is 1.74. The van der Waals surface area contributed by atoms with Crippen LogP contribution in [0, 0.1) is 5.21 Å².